The summed E-state index contributed by atoms with van der Waals surface area (Å²) in [7, 11) is 0. The molecule has 7 heteroatoms. The number of primary amides is 1. The van der Waals surface area contributed by atoms with Crippen LogP contribution in [0.15, 0.2) is 48.5 Å². The molecule has 133 valence electrons. The highest BCUT2D eigenvalue weighted by molar-refractivity contribution is 6.03. The summed E-state index contributed by atoms with van der Waals surface area (Å²) in [5, 5.41) is 2.72. The molecule has 3 amide bonds. The zero-order valence-electron chi connectivity index (χ0n) is 14.0. The second-order valence-corrected chi connectivity index (χ2v) is 5.73. The molecule has 0 aliphatic carbocycles. The molecule has 7 nitrogen and oxygen atoms in total. The number of morpholine rings is 1. The van der Waals surface area contributed by atoms with Gasteiger partial charge in [-0.25, -0.2) is 0 Å². The largest absolute Gasteiger partial charge is 0.370 e. The van der Waals surface area contributed by atoms with Gasteiger partial charge in [-0.3, -0.25) is 14.4 Å². The minimum atomic E-state index is -0.593. The molecule has 0 saturated carbocycles. The van der Waals surface area contributed by atoms with Crippen molar-refractivity contribution in [2.24, 2.45) is 5.73 Å². The number of benzene rings is 2. The number of hydrogen-bond donors (Lipinski definition) is 2. The first-order valence-corrected chi connectivity index (χ1v) is 8.07. The van der Waals surface area contributed by atoms with Crippen molar-refractivity contribution < 1.29 is 19.1 Å². The van der Waals surface area contributed by atoms with Crippen molar-refractivity contribution in [1.29, 1.82) is 0 Å². The Morgan fingerprint density at radius 2 is 1.85 bits per heavy atom. The zero-order chi connectivity index (χ0) is 18.5. The van der Waals surface area contributed by atoms with Gasteiger partial charge in [-0.2, -0.15) is 0 Å². The lowest BCUT2D eigenvalue weighted by Gasteiger charge is -2.26. The van der Waals surface area contributed by atoms with E-state index in [0.717, 1.165) is 5.69 Å². The third kappa shape index (κ3) is 4.07. The molecule has 0 bridgehead atoms. The average Bonchev–Trinajstić information content (AvgIpc) is 2.63. The summed E-state index contributed by atoms with van der Waals surface area (Å²) in [5.41, 5.74) is 7.37. The molecule has 2 aromatic rings. The van der Waals surface area contributed by atoms with E-state index in [0.29, 0.717) is 24.4 Å². The van der Waals surface area contributed by atoms with Crippen LogP contribution in [0.3, 0.4) is 0 Å². The monoisotopic (exact) mass is 352 g/mol. The van der Waals surface area contributed by atoms with Crippen molar-refractivity contribution in [3.8, 4) is 0 Å². The predicted octanol–water partition coefficient (Wildman–Crippen LogP) is 1.34. The van der Waals surface area contributed by atoms with Crippen molar-refractivity contribution in [2.45, 2.75) is 0 Å². The van der Waals surface area contributed by atoms with Gasteiger partial charge in [0.1, 0.15) is 6.61 Å². The molecule has 2 aromatic carbocycles. The number of anilines is 2. The third-order valence-electron chi connectivity index (χ3n) is 3.95. The standard InChI is InChI=1S/C19H18N3O4/c20-19(25)16-4-2-1-3-13(16)11-17(23)21-14-5-7-15(8-6-14)22-9-10-26-12-18(22)24/h1-8,11H,9-10,12H2,(H2,20,25)(H,21,23). The van der Waals surface area contributed by atoms with Crippen LogP contribution in [0, 0.1) is 6.42 Å². The maximum atomic E-state index is 12.2. The molecule has 1 radical (unpaired) electrons. The molecule has 3 rings (SSSR count). The quantitative estimate of drug-likeness (QED) is 0.848. The van der Waals surface area contributed by atoms with E-state index in [1.165, 1.54) is 6.42 Å². The molecule has 0 atom stereocenters. The van der Waals surface area contributed by atoms with Gasteiger partial charge in [-0.1, -0.05) is 18.2 Å². The summed E-state index contributed by atoms with van der Waals surface area (Å²) in [4.78, 5) is 37.1. The summed E-state index contributed by atoms with van der Waals surface area (Å²) in [6, 6.07) is 13.6. The van der Waals surface area contributed by atoms with Crippen LogP contribution in [-0.2, 0) is 14.3 Å². The van der Waals surface area contributed by atoms with Gasteiger partial charge in [0.15, 0.2) is 0 Å². The van der Waals surface area contributed by atoms with Gasteiger partial charge in [0, 0.05) is 23.5 Å². The lowest BCUT2D eigenvalue weighted by Crippen LogP contribution is -2.41. The molecule has 0 unspecified atom stereocenters. The SMILES string of the molecule is NC(=O)c1ccccc1[CH]C(=O)Nc1ccc(N2CCOCC2=O)cc1. The number of rotatable bonds is 5. The molecule has 0 spiro atoms. The van der Waals surface area contributed by atoms with E-state index in [1.54, 1.807) is 53.4 Å². The van der Waals surface area contributed by atoms with Crippen LogP contribution in [-0.4, -0.2) is 37.5 Å². The van der Waals surface area contributed by atoms with Crippen LogP contribution in [0.25, 0.3) is 0 Å². The number of amides is 3. The van der Waals surface area contributed by atoms with Crippen molar-refractivity contribution in [1.82, 2.24) is 0 Å². The molecular weight excluding hydrogens is 334 g/mol. The Balaban J connectivity index is 1.65. The summed E-state index contributed by atoms with van der Waals surface area (Å²) in [5.74, 6) is -1.07. The van der Waals surface area contributed by atoms with Crippen molar-refractivity contribution >= 4 is 29.1 Å². The molecule has 26 heavy (non-hydrogen) atoms. The van der Waals surface area contributed by atoms with Crippen LogP contribution in [0.4, 0.5) is 11.4 Å². The second kappa shape index (κ2) is 7.79. The number of hydrogen-bond acceptors (Lipinski definition) is 4. The Morgan fingerprint density at radius 1 is 1.12 bits per heavy atom. The maximum Gasteiger partial charge on any atom is 0.253 e. The van der Waals surface area contributed by atoms with E-state index in [-0.39, 0.29) is 24.0 Å². The van der Waals surface area contributed by atoms with Gasteiger partial charge < -0.3 is 20.7 Å². The average molecular weight is 352 g/mol. The van der Waals surface area contributed by atoms with Gasteiger partial charge in [0.05, 0.1) is 13.0 Å². The van der Waals surface area contributed by atoms with Gasteiger partial charge in [0.25, 0.3) is 5.91 Å². The zero-order valence-corrected chi connectivity index (χ0v) is 14.0. The highest BCUT2D eigenvalue weighted by atomic mass is 16.5. The molecular formula is C19H18N3O4. The Labute approximate surface area is 150 Å². The Kier molecular flexibility index (Phi) is 5.28. The first kappa shape index (κ1) is 17.6. The van der Waals surface area contributed by atoms with E-state index in [4.69, 9.17) is 10.5 Å². The normalized spacial score (nSPS) is 14.2. The number of carbonyl (C=O) groups is 3. The van der Waals surface area contributed by atoms with Crippen molar-refractivity contribution in [3.63, 3.8) is 0 Å². The lowest BCUT2D eigenvalue weighted by molar-refractivity contribution is -0.125. The summed E-state index contributed by atoms with van der Waals surface area (Å²) < 4.78 is 5.11. The van der Waals surface area contributed by atoms with Crippen LogP contribution < -0.4 is 16.0 Å². The van der Waals surface area contributed by atoms with E-state index in [2.05, 4.69) is 5.32 Å². The fourth-order valence-corrected chi connectivity index (χ4v) is 2.68. The van der Waals surface area contributed by atoms with E-state index >= 15 is 0 Å². The number of nitrogens with one attached hydrogen (secondary N) is 1. The Bertz CT molecular complexity index is 833. The molecule has 0 aromatic heterocycles. The molecule has 1 aliphatic heterocycles. The highest BCUT2D eigenvalue weighted by Crippen LogP contribution is 2.20. The number of ether oxygens (including phenoxy) is 1. The fraction of sp³-hybridized carbons (Fsp3) is 0.158. The fourth-order valence-electron chi connectivity index (χ4n) is 2.68. The van der Waals surface area contributed by atoms with E-state index in [9.17, 15) is 14.4 Å². The van der Waals surface area contributed by atoms with Gasteiger partial charge in [0.2, 0.25) is 11.8 Å². The predicted molar refractivity (Wildman–Crippen MR) is 96.6 cm³/mol. The van der Waals surface area contributed by atoms with E-state index in [1.807, 2.05) is 0 Å². The number of carbonyl (C=O) groups excluding carboxylic acids is 3. The van der Waals surface area contributed by atoms with Crippen molar-refractivity contribution in [3.05, 3.63) is 66.1 Å². The molecule has 3 N–H and O–H groups in total. The minimum Gasteiger partial charge on any atom is -0.370 e. The molecule has 1 heterocycles. The summed E-state index contributed by atoms with van der Waals surface area (Å²) in [6.45, 7) is 1.08. The Morgan fingerprint density at radius 3 is 2.54 bits per heavy atom. The van der Waals surface area contributed by atoms with Crippen LogP contribution in [0.2, 0.25) is 0 Å². The third-order valence-corrected chi connectivity index (χ3v) is 3.95. The summed E-state index contributed by atoms with van der Waals surface area (Å²) >= 11 is 0. The number of nitrogens with zero attached hydrogens (tertiary/aromatic N) is 1. The lowest BCUT2D eigenvalue weighted by atomic mass is 10.0. The first-order chi connectivity index (χ1) is 12.5. The first-order valence-electron chi connectivity index (χ1n) is 8.07. The molecule has 1 aliphatic rings. The van der Waals surface area contributed by atoms with Crippen LogP contribution in [0.1, 0.15) is 15.9 Å². The topological polar surface area (TPSA) is 102 Å². The summed E-state index contributed by atoms with van der Waals surface area (Å²) in [6.07, 6.45) is 1.32. The van der Waals surface area contributed by atoms with E-state index < -0.39 is 5.91 Å². The van der Waals surface area contributed by atoms with Gasteiger partial charge in [-0.05, 0) is 35.9 Å². The highest BCUT2D eigenvalue weighted by Gasteiger charge is 2.20. The minimum absolute atomic E-state index is 0.0761. The number of nitrogens with two attached hydrogens (primary N) is 1. The molecule has 1 fully saturated rings. The maximum absolute atomic E-state index is 12.2. The van der Waals surface area contributed by atoms with Crippen molar-refractivity contribution in [2.75, 3.05) is 30.0 Å². The second-order valence-electron chi connectivity index (χ2n) is 5.73. The van der Waals surface area contributed by atoms with Gasteiger partial charge >= 0.3 is 0 Å². The van der Waals surface area contributed by atoms with Crippen LogP contribution >= 0.6 is 0 Å². The Hall–Kier alpha value is -3.19. The smallest absolute Gasteiger partial charge is 0.253 e. The van der Waals surface area contributed by atoms with Gasteiger partial charge in [-0.15, -0.1) is 0 Å². The van der Waals surface area contributed by atoms with Crippen LogP contribution in [0.5, 0.6) is 0 Å². The molecule has 1 saturated heterocycles.